The fourth-order valence-electron chi connectivity index (χ4n) is 9.26. The smallest absolute Gasteiger partial charge is 0.204 e. The molecule has 4 aromatic carbocycles. The minimum Gasteiger partial charge on any atom is -0.493 e. The number of ether oxygens (including phenoxy) is 5. The number of benzene rings is 4. The van der Waals surface area contributed by atoms with Gasteiger partial charge in [-0.2, -0.15) is 0 Å². The Kier molecular flexibility index (Phi) is 11.4. The molecule has 0 amide bonds. The van der Waals surface area contributed by atoms with E-state index < -0.39 is 0 Å². The number of β-amino-alcohol motifs (C(OH)–C–C–N with tert-alkyl or cyclic N) is 1. The normalized spacial score (nSPS) is 20.3. The van der Waals surface area contributed by atoms with Crippen molar-refractivity contribution in [3.63, 3.8) is 0 Å². The van der Waals surface area contributed by atoms with E-state index in [4.69, 9.17) is 23.7 Å². The first-order chi connectivity index (χ1) is 27.3. The summed E-state index contributed by atoms with van der Waals surface area (Å²) in [7, 11) is 9.46. The largest absolute Gasteiger partial charge is 0.493 e. The van der Waals surface area contributed by atoms with E-state index in [0.717, 1.165) is 86.5 Å². The minimum absolute atomic E-state index is 0.0813. The van der Waals surface area contributed by atoms with Crippen molar-refractivity contribution in [3.05, 3.63) is 99.1 Å². The maximum atomic E-state index is 10.9. The summed E-state index contributed by atoms with van der Waals surface area (Å²) >= 11 is 0. The summed E-state index contributed by atoms with van der Waals surface area (Å²) in [5.41, 5.74) is 8.92. The number of rotatable bonds is 8. The zero-order valence-electron chi connectivity index (χ0n) is 33.5. The van der Waals surface area contributed by atoms with E-state index in [0.29, 0.717) is 54.0 Å². The molecule has 298 valence electrons. The number of methoxy groups -OCH3 is 3. The molecule has 5 aliphatic heterocycles. The fraction of sp³-hybridized carbons (Fsp3) is 0.467. The molecule has 0 spiro atoms. The van der Waals surface area contributed by atoms with Gasteiger partial charge in [0.05, 0.1) is 34.5 Å². The second kappa shape index (κ2) is 16.6. The van der Waals surface area contributed by atoms with Crippen molar-refractivity contribution in [2.45, 2.75) is 50.9 Å². The van der Waals surface area contributed by atoms with Crippen LogP contribution in [0.15, 0.2) is 54.6 Å². The van der Waals surface area contributed by atoms with Crippen LogP contribution in [0.25, 0.3) is 0 Å². The van der Waals surface area contributed by atoms with E-state index in [-0.39, 0.29) is 25.3 Å². The molecule has 0 aliphatic carbocycles. The van der Waals surface area contributed by atoms with Gasteiger partial charge in [-0.1, -0.05) is 18.2 Å². The average molecular weight is 765 g/mol. The lowest BCUT2D eigenvalue weighted by atomic mass is 9.84. The third-order valence-electron chi connectivity index (χ3n) is 12.4. The quantitative estimate of drug-likeness (QED) is 0.230. The van der Waals surface area contributed by atoms with Gasteiger partial charge in [-0.05, 0) is 104 Å². The summed E-state index contributed by atoms with van der Waals surface area (Å²) in [6.07, 6.45) is 3.19. The molecule has 0 saturated carbocycles. The van der Waals surface area contributed by atoms with Crippen LogP contribution >= 0.6 is 0 Å². The third-order valence-corrected chi connectivity index (χ3v) is 12.4. The third kappa shape index (κ3) is 7.44. The lowest BCUT2D eigenvalue weighted by Crippen LogP contribution is -2.47. The van der Waals surface area contributed by atoms with Crippen molar-refractivity contribution in [1.82, 2.24) is 19.6 Å². The van der Waals surface area contributed by atoms with E-state index in [2.05, 4.69) is 70.1 Å². The lowest BCUT2D eigenvalue weighted by molar-refractivity contribution is 0.107. The standard InChI is InChI=1S/C45H56N4O7/c1-46-14-12-31-25-32(28-51)40-26-35(31)37(46)22-29-6-9-33(10-7-29)55-41-24-30(8-11-39(41)52-3)23-38-42-34(13-15-47(38)2)36(43(53-4)45(54-5)44(42)56-40)27-49-18-16-48(17-19-49)20-21-50/h6-11,24-26,37-38,50-51H,12-23,27-28H2,1-5H3/t37-,38-/m0/s1. The van der Waals surface area contributed by atoms with Crippen molar-refractivity contribution in [1.29, 1.82) is 0 Å². The fourth-order valence-corrected chi connectivity index (χ4v) is 9.26. The van der Waals surface area contributed by atoms with Crippen LogP contribution in [-0.4, -0.2) is 118 Å². The van der Waals surface area contributed by atoms with E-state index in [1.54, 1.807) is 21.3 Å². The Hall–Kier alpha value is -4.36. The monoisotopic (exact) mass is 764 g/mol. The van der Waals surface area contributed by atoms with Gasteiger partial charge in [0, 0.05) is 81.1 Å². The summed E-state index contributed by atoms with van der Waals surface area (Å²) in [5.74, 6) is 4.60. The predicted molar refractivity (Wildman–Crippen MR) is 216 cm³/mol. The average Bonchev–Trinajstić information content (AvgIpc) is 3.21. The zero-order valence-corrected chi connectivity index (χ0v) is 33.5. The van der Waals surface area contributed by atoms with Crippen molar-refractivity contribution in [2.75, 3.05) is 87.8 Å². The highest BCUT2D eigenvalue weighted by Gasteiger charge is 2.37. The van der Waals surface area contributed by atoms with Crippen molar-refractivity contribution in [3.8, 4) is 40.2 Å². The second-order valence-corrected chi connectivity index (χ2v) is 15.7. The Morgan fingerprint density at radius 1 is 0.696 bits per heavy atom. The first-order valence-electron chi connectivity index (χ1n) is 20.0. The Morgan fingerprint density at radius 2 is 1.39 bits per heavy atom. The molecule has 5 heterocycles. The Balaban J connectivity index is 1.33. The topological polar surface area (TPSA) is 99.6 Å². The van der Waals surface area contributed by atoms with E-state index >= 15 is 0 Å². The molecule has 9 rings (SSSR count). The summed E-state index contributed by atoms with van der Waals surface area (Å²) < 4.78 is 32.2. The molecule has 0 radical (unpaired) electrons. The highest BCUT2D eigenvalue weighted by molar-refractivity contribution is 5.67. The Labute approximate surface area is 330 Å². The van der Waals surface area contributed by atoms with Gasteiger partial charge in [0.25, 0.3) is 0 Å². The van der Waals surface area contributed by atoms with E-state index in [1.165, 1.54) is 22.3 Å². The van der Waals surface area contributed by atoms with Crippen LogP contribution in [0.3, 0.4) is 0 Å². The van der Waals surface area contributed by atoms with Gasteiger partial charge < -0.3 is 33.9 Å². The molecule has 2 N–H and O–H groups in total. The number of aliphatic hydroxyl groups is 2. The molecule has 56 heavy (non-hydrogen) atoms. The number of hydrogen-bond acceptors (Lipinski definition) is 11. The summed E-state index contributed by atoms with van der Waals surface area (Å²) in [6, 6.07) is 18.9. The van der Waals surface area contributed by atoms with Crippen LogP contribution in [0.5, 0.6) is 40.2 Å². The Bertz CT molecular complexity index is 2030. The van der Waals surface area contributed by atoms with Crippen LogP contribution in [0.4, 0.5) is 0 Å². The molecule has 11 heteroatoms. The Morgan fingerprint density at radius 3 is 2.11 bits per heavy atom. The molecular formula is C45H56N4O7. The summed E-state index contributed by atoms with van der Waals surface area (Å²) in [5, 5.41) is 20.4. The van der Waals surface area contributed by atoms with Crippen LogP contribution in [-0.2, 0) is 38.8 Å². The van der Waals surface area contributed by atoms with E-state index in [1.807, 2.05) is 18.2 Å². The molecule has 4 aromatic rings. The molecule has 0 aromatic heterocycles. The van der Waals surface area contributed by atoms with Gasteiger partial charge in [-0.15, -0.1) is 0 Å². The number of hydrogen-bond donors (Lipinski definition) is 2. The number of nitrogens with zero attached hydrogens (tertiary/aromatic N) is 4. The molecular weight excluding hydrogens is 709 g/mol. The SMILES string of the molecule is COc1ccc2cc1Oc1ccc(cc1)C[C@H]1c3cc(c(CO)cc3CCN1C)Oc1c(OC)c(OC)c(CN3CCN(CCO)CC3)c3c1[C@H](C2)N(C)CC3. The van der Waals surface area contributed by atoms with Crippen LogP contribution in [0.1, 0.15) is 56.6 Å². The predicted octanol–water partition coefficient (Wildman–Crippen LogP) is 5.76. The van der Waals surface area contributed by atoms with Gasteiger partial charge in [-0.25, -0.2) is 0 Å². The minimum atomic E-state index is -0.148. The molecule has 1 fully saturated rings. The van der Waals surface area contributed by atoms with Crippen molar-refractivity contribution >= 4 is 0 Å². The molecule has 5 aliphatic rings. The van der Waals surface area contributed by atoms with Crippen LogP contribution < -0.4 is 23.7 Å². The number of likely N-dealkylation sites (N-methyl/N-ethyl adjacent to an activating group) is 2. The van der Waals surface area contributed by atoms with Crippen LogP contribution in [0, 0.1) is 0 Å². The molecule has 1 saturated heterocycles. The highest BCUT2D eigenvalue weighted by Crippen LogP contribution is 2.53. The molecule has 0 unspecified atom stereocenters. The van der Waals surface area contributed by atoms with Crippen molar-refractivity contribution < 1.29 is 33.9 Å². The second-order valence-electron chi connectivity index (χ2n) is 15.7. The summed E-state index contributed by atoms with van der Waals surface area (Å²) in [6.45, 7) is 6.79. The maximum Gasteiger partial charge on any atom is 0.204 e. The molecule has 6 bridgehead atoms. The molecule has 2 atom stereocenters. The lowest BCUT2D eigenvalue weighted by Gasteiger charge is -2.40. The first kappa shape index (κ1) is 38.5. The summed E-state index contributed by atoms with van der Waals surface area (Å²) in [4.78, 5) is 9.62. The first-order valence-corrected chi connectivity index (χ1v) is 20.0. The van der Waals surface area contributed by atoms with Gasteiger partial charge in [-0.3, -0.25) is 19.6 Å². The van der Waals surface area contributed by atoms with Crippen molar-refractivity contribution in [2.24, 2.45) is 0 Å². The van der Waals surface area contributed by atoms with Crippen LogP contribution in [0.2, 0.25) is 0 Å². The van der Waals surface area contributed by atoms with Gasteiger partial charge >= 0.3 is 0 Å². The molecule has 11 nitrogen and oxygen atoms in total. The zero-order chi connectivity index (χ0) is 38.9. The van der Waals surface area contributed by atoms with Gasteiger partial charge in [0.2, 0.25) is 5.75 Å². The van der Waals surface area contributed by atoms with E-state index in [9.17, 15) is 10.2 Å². The van der Waals surface area contributed by atoms with Gasteiger partial charge in [0.1, 0.15) is 11.5 Å². The number of fused-ring (bicyclic) bond motifs is 2. The number of piperazine rings is 1. The van der Waals surface area contributed by atoms with Gasteiger partial charge in [0.15, 0.2) is 23.0 Å². The highest BCUT2D eigenvalue weighted by atomic mass is 16.5. The maximum absolute atomic E-state index is 10.9. The number of aliphatic hydroxyl groups excluding tert-OH is 2.